The van der Waals surface area contributed by atoms with E-state index in [4.69, 9.17) is 5.73 Å². The van der Waals surface area contributed by atoms with E-state index < -0.39 is 0 Å². The standard InChI is InChI=1S/C9H18N4/c1-7(2)6-9-11-8(12-13-9)4-3-5-10/h7H,3-6,10H2,1-2H3,(H,11,12,13). The van der Waals surface area contributed by atoms with Crippen LogP contribution in [0.1, 0.15) is 31.9 Å². The summed E-state index contributed by atoms with van der Waals surface area (Å²) < 4.78 is 0. The molecule has 0 saturated carbocycles. The molecule has 0 spiro atoms. The second-order valence-corrected chi connectivity index (χ2v) is 3.69. The number of aryl methyl sites for hydroxylation is 1. The van der Waals surface area contributed by atoms with Gasteiger partial charge in [0, 0.05) is 12.8 Å². The molecule has 13 heavy (non-hydrogen) atoms. The van der Waals surface area contributed by atoms with Gasteiger partial charge in [-0.25, -0.2) is 4.98 Å². The fourth-order valence-electron chi connectivity index (χ4n) is 1.18. The minimum Gasteiger partial charge on any atom is -0.330 e. The average Bonchev–Trinajstić information content (AvgIpc) is 2.48. The van der Waals surface area contributed by atoms with Gasteiger partial charge in [-0.15, -0.1) is 0 Å². The molecule has 74 valence electrons. The molecule has 4 nitrogen and oxygen atoms in total. The summed E-state index contributed by atoms with van der Waals surface area (Å²) in [5.41, 5.74) is 5.40. The van der Waals surface area contributed by atoms with Crippen LogP contribution >= 0.6 is 0 Å². The number of nitrogens with one attached hydrogen (secondary N) is 1. The van der Waals surface area contributed by atoms with Crippen molar-refractivity contribution in [3.8, 4) is 0 Å². The maximum absolute atomic E-state index is 5.40. The van der Waals surface area contributed by atoms with E-state index in [2.05, 4.69) is 29.0 Å². The van der Waals surface area contributed by atoms with Gasteiger partial charge >= 0.3 is 0 Å². The van der Waals surface area contributed by atoms with Gasteiger partial charge in [0.15, 0.2) is 5.82 Å². The van der Waals surface area contributed by atoms with Gasteiger partial charge in [-0.3, -0.25) is 5.10 Å². The molecule has 0 aromatic carbocycles. The quantitative estimate of drug-likeness (QED) is 0.710. The second kappa shape index (κ2) is 4.97. The van der Waals surface area contributed by atoms with E-state index in [1.54, 1.807) is 0 Å². The van der Waals surface area contributed by atoms with Crippen LogP contribution in [0.3, 0.4) is 0 Å². The Hall–Kier alpha value is -0.900. The molecule has 0 unspecified atom stereocenters. The second-order valence-electron chi connectivity index (χ2n) is 3.69. The molecule has 1 heterocycles. The molecule has 0 saturated heterocycles. The van der Waals surface area contributed by atoms with Gasteiger partial charge in [0.1, 0.15) is 5.82 Å². The molecule has 0 aliphatic rings. The molecule has 3 N–H and O–H groups in total. The van der Waals surface area contributed by atoms with Crippen LogP contribution in [0.15, 0.2) is 0 Å². The molecule has 0 aliphatic carbocycles. The summed E-state index contributed by atoms with van der Waals surface area (Å²) in [7, 11) is 0. The summed E-state index contributed by atoms with van der Waals surface area (Å²) in [6.07, 6.45) is 2.81. The molecule has 1 rings (SSSR count). The first-order valence-electron chi connectivity index (χ1n) is 4.82. The molecule has 0 fully saturated rings. The van der Waals surface area contributed by atoms with Crippen molar-refractivity contribution in [1.29, 1.82) is 0 Å². The van der Waals surface area contributed by atoms with Gasteiger partial charge in [0.2, 0.25) is 0 Å². The van der Waals surface area contributed by atoms with Crippen LogP contribution in [-0.4, -0.2) is 21.7 Å². The summed E-state index contributed by atoms with van der Waals surface area (Å²) in [5.74, 6) is 2.50. The van der Waals surface area contributed by atoms with E-state index in [0.717, 1.165) is 30.9 Å². The first-order valence-corrected chi connectivity index (χ1v) is 4.82. The lowest BCUT2D eigenvalue weighted by atomic mass is 10.1. The lowest BCUT2D eigenvalue weighted by Crippen LogP contribution is -2.01. The van der Waals surface area contributed by atoms with Gasteiger partial charge in [0.25, 0.3) is 0 Å². The van der Waals surface area contributed by atoms with Crippen molar-refractivity contribution in [1.82, 2.24) is 15.2 Å². The van der Waals surface area contributed by atoms with E-state index in [0.29, 0.717) is 12.5 Å². The molecule has 0 aliphatic heterocycles. The summed E-state index contributed by atoms with van der Waals surface area (Å²) in [6.45, 7) is 5.04. The number of aromatic amines is 1. The summed E-state index contributed by atoms with van der Waals surface area (Å²) >= 11 is 0. The van der Waals surface area contributed by atoms with Gasteiger partial charge in [0.05, 0.1) is 0 Å². The first kappa shape index (κ1) is 10.2. The lowest BCUT2D eigenvalue weighted by Gasteiger charge is -1.97. The monoisotopic (exact) mass is 182 g/mol. The molecule has 0 amide bonds. The van der Waals surface area contributed by atoms with Crippen LogP contribution in [-0.2, 0) is 12.8 Å². The Kier molecular flexibility index (Phi) is 3.89. The van der Waals surface area contributed by atoms with Crippen molar-refractivity contribution in [3.05, 3.63) is 11.6 Å². The largest absolute Gasteiger partial charge is 0.330 e. The van der Waals surface area contributed by atoms with Crippen LogP contribution < -0.4 is 5.73 Å². The van der Waals surface area contributed by atoms with Crippen molar-refractivity contribution in [2.24, 2.45) is 11.7 Å². The summed E-state index contributed by atoms with van der Waals surface area (Å²) in [5, 5.41) is 7.06. The lowest BCUT2D eigenvalue weighted by molar-refractivity contribution is 0.622. The zero-order chi connectivity index (χ0) is 9.68. The van der Waals surface area contributed by atoms with E-state index >= 15 is 0 Å². The third-order valence-corrected chi connectivity index (χ3v) is 1.78. The van der Waals surface area contributed by atoms with Gasteiger partial charge < -0.3 is 5.73 Å². The third-order valence-electron chi connectivity index (χ3n) is 1.78. The highest BCUT2D eigenvalue weighted by molar-refractivity contribution is 4.91. The molecule has 0 radical (unpaired) electrons. The maximum atomic E-state index is 5.40. The Balaban J connectivity index is 2.44. The fourth-order valence-corrected chi connectivity index (χ4v) is 1.18. The zero-order valence-corrected chi connectivity index (χ0v) is 8.38. The highest BCUT2D eigenvalue weighted by atomic mass is 15.2. The zero-order valence-electron chi connectivity index (χ0n) is 8.38. The Morgan fingerprint density at radius 3 is 2.85 bits per heavy atom. The molecule has 0 atom stereocenters. The number of hydrogen-bond donors (Lipinski definition) is 2. The Morgan fingerprint density at radius 1 is 1.46 bits per heavy atom. The Bertz CT molecular complexity index is 242. The molecular weight excluding hydrogens is 164 g/mol. The van der Waals surface area contributed by atoms with Crippen molar-refractivity contribution in [3.63, 3.8) is 0 Å². The smallest absolute Gasteiger partial charge is 0.150 e. The molecule has 1 aromatic heterocycles. The number of H-pyrrole nitrogens is 1. The third kappa shape index (κ3) is 3.55. The number of rotatable bonds is 5. The van der Waals surface area contributed by atoms with E-state index in [-0.39, 0.29) is 0 Å². The van der Waals surface area contributed by atoms with Gasteiger partial charge in [-0.1, -0.05) is 13.8 Å². The normalized spacial score (nSPS) is 11.1. The number of aromatic nitrogens is 3. The number of hydrogen-bond acceptors (Lipinski definition) is 3. The first-order chi connectivity index (χ1) is 6.22. The Labute approximate surface area is 78.9 Å². The van der Waals surface area contributed by atoms with E-state index in [1.165, 1.54) is 0 Å². The summed E-state index contributed by atoms with van der Waals surface area (Å²) in [6, 6.07) is 0. The molecule has 0 bridgehead atoms. The van der Waals surface area contributed by atoms with Crippen molar-refractivity contribution >= 4 is 0 Å². The van der Waals surface area contributed by atoms with Crippen molar-refractivity contribution < 1.29 is 0 Å². The van der Waals surface area contributed by atoms with Crippen molar-refractivity contribution in [2.45, 2.75) is 33.1 Å². The summed E-state index contributed by atoms with van der Waals surface area (Å²) in [4.78, 5) is 4.37. The molecular formula is C9H18N4. The van der Waals surface area contributed by atoms with Crippen LogP contribution in [0, 0.1) is 5.92 Å². The van der Waals surface area contributed by atoms with Crippen molar-refractivity contribution in [2.75, 3.05) is 6.54 Å². The van der Waals surface area contributed by atoms with Gasteiger partial charge in [-0.05, 0) is 18.9 Å². The van der Waals surface area contributed by atoms with Crippen LogP contribution in [0.2, 0.25) is 0 Å². The molecule has 1 aromatic rings. The predicted molar refractivity (Wildman–Crippen MR) is 52.3 cm³/mol. The minimum atomic E-state index is 0.621. The number of nitrogens with zero attached hydrogens (tertiary/aromatic N) is 2. The highest BCUT2D eigenvalue weighted by Crippen LogP contribution is 2.03. The van der Waals surface area contributed by atoms with Crippen LogP contribution in [0.25, 0.3) is 0 Å². The average molecular weight is 182 g/mol. The maximum Gasteiger partial charge on any atom is 0.150 e. The minimum absolute atomic E-state index is 0.621. The SMILES string of the molecule is CC(C)Cc1nc(CCCN)n[nH]1. The highest BCUT2D eigenvalue weighted by Gasteiger charge is 2.04. The van der Waals surface area contributed by atoms with Crippen LogP contribution in [0.4, 0.5) is 0 Å². The molecule has 4 heteroatoms. The topological polar surface area (TPSA) is 67.6 Å². The van der Waals surface area contributed by atoms with E-state index in [1.807, 2.05) is 0 Å². The Morgan fingerprint density at radius 2 is 2.23 bits per heavy atom. The van der Waals surface area contributed by atoms with E-state index in [9.17, 15) is 0 Å². The van der Waals surface area contributed by atoms with Gasteiger partial charge in [-0.2, -0.15) is 5.10 Å². The predicted octanol–water partition coefficient (Wildman–Crippen LogP) is 0.895. The van der Waals surface area contributed by atoms with Crippen LogP contribution in [0.5, 0.6) is 0 Å². The fraction of sp³-hybridized carbons (Fsp3) is 0.778. The number of nitrogens with two attached hydrogens (primary N) is 1.